The molecule has 0 unspecified atom stereocenters. The molecule has 0 saturated heterocycles. The van der Waals surface area contributed by atoms with Crippen LogP contribution in [0.2, 0.25) is 0 Å². The Kier molecular flexibility index (Phi) is 5.88. The molecule has 18 heavy (non-hydrogen) atoms. The Labute approximate surface area is 108 Å². The lowest BCUT2D eigenvalue weighted by Crippen LogP contribution is -2.33. The number of nitrogens with one attached hydrogen (secondary N) is 1. The number of hydrogen-bond donors (Lipinski definition) is 1. The summed E-state index contributed by atoms with van der Waals surface area (Å²) in [6.45, 7) is 6.79. The highest BCUT2D eigenvalue weighted by atomic mass is 16.5. The number of esters is 1. The minimum absolute atomic E-state index is 0.371. The van der Waals surface area contributed by atoms with Crippen LogP contribution in [0.1, 0.15) is 30.0 Å². The number of rotatable bonds is 7. The summed E-state index contributed by atoms with van der Waals surface area (Å²) in [5.74, 6) is 0.368. The Morgan fingerprint density at radius 3 is 2.89 bits per heavy atom. The summed E-state index contributed by atoms with van der Waals surface area (Å²) in [4.78, 5) is 13.5. The molecule has 0 aliphatic heterocycles. The second-order valence-electron chi connectivity index (χ2n) is 4.54. The van der Waals surface area contributed by atoms with Crippen LogP contribution in [0.5, 0.6) is 0 Å². The first-order valence-electron chi connectivity index (χ1n) is 6.11. The summed E-state index contributed by atoms with van der Waals surface area (Å²) in [5, 5.41) is 3.27. The van der Waals surface area contributed by atoms with Gasteiger partial charge in [-0.3, -0.25) is 0 Å². The molecule has 5 heteroatoms. The highest BCUT2D eigenvalue weighted by Gasteiger charge is 2.09. The largest absolute Gasteiger partial charge is 0.467 e. The van der Waals surface area contributed by atoms with Gasteiger partial charge in [0.25, 0.3) is 0 Å². The Hall–Kier alpha value is -1.33. The zero-order valence-corrected chi connectivity index (χ0v) is 11.5. The first kappa shape index (κ1) is 14.7. The van der Waals surface area contributed by atoms with Crippen molar-refractivity contribution in [2.75, 3.05) is 27.2 Å². The summed E-state index contributed by atoms with van der Waals surface area (Å²) in [7, 11) is 3.45. The van der Waals surface area contributed by atoms with Gasteiger partial charge in [-0.25, -0.2) is 4.79 Å². The van der Waals surface area contributed by atoms with Gasteiger partial charge in [-0.15, -0.1) is 0 Å². The maximum Gasteiger partial charge on any atom is 0.341 e. The van der Waals surface area contributed by atoms with Gasteiger partial charge < -0.3 is 19.4 Å². The predicted octanol–water partition coefficient (Wildman–Crippen LogP) is 1.50. The number of ether oxygens (including phenoxy) is 1. The van der Waals surface area contributed by atoms with Crippen LogP contribution in [0.4, 0.5) is 0 Å². The molecule has 0 aromatic carbocycles. The monoisotopic (exact) mass is 254 g/mol. The standard InChI is InChI=1S/C13H22N2O3/c1-10(2)15(3)6-5-14-8-12-7-11(9-18-12)13(16)17-4/h7,9-10,14H,5-6,8H2,1-4H3. The Balaban J connectivity index is 2.27. The second-order valence-corrected chi connectivity index (χ2v) is 4.54. The van der Waals surface area contributed by atoms with Crippen LogP contribution >= 0.6 is 0 Å². The van der Waals surface area contributed by atoms with E-state index in [9.17, 15) is 4.79 Å². The molecule has 0 amide bonds. The fourth-order valence-corrected chi connectivity index (χ4v) is 1.42. The third kappa shape index (κ3) is 4.50. The lowest BCUT2D eigenvalue weighted by molar-refractivity contribution is 0.0600. The van der Waals surface area contributed by atoms with Crippen LogP contribution in [0, 0.1) is 0 Å². The van der Waals surface area contributed by atoms with Gasteiger partial charge in [0, 0.05) is 19.1 Å². The molecule has 0 aliphatic carbocycles. The minimum Gasteiger partial charge on any atom is -0.467 e. The molecule has 1 rings (SSSR count). The smallest absolute Gasteiger partial charge is 0.341 e. The molecule has 0 radical (unpaired) electrons. The van der Waals surface area contributed by atoms with E-state index in [-0.39, 0.29) is 5.97 Å². The number of furan rings is 1. The van der Waals surface area contributed by atoms with Gasteiger partial charge in [0.05, 0.1) is 19.2 Å². The molecule has 5 nitrogen and oxygen atoms in total. The maximum absolute atomic E-state index is 11.2. The van der Waals surface area contributed by atoms with Crippen molar-refractivity contribution in [1.82, 2.24) is 10.2 Å². The van der Waals surface area contributed by atoms with Crippen LogP contribution in [0.3, 0.4) is 0 Å². The number of likely N-dealkylation sites (N-methyl/N-ethyl adjacent to an activating group) is 1. The number of carbonyl (C=O) groups excluding carboxylic acids is 1. The number of carbonyl (C=O) groups is 1. The van der Waals surface area contributed by atoms with E-state index in [4.69, 9.17) is 4.42 Å². The van der Waals surface area contributed by atoms with Gasteiger partial charge in [-0.2, -0.15) is 0 Å². The van der Waals surface area contributed by atoms with Crippen molar-refractivity contribution in [2.45, 2.75) is 26.4 Å². The SMILES string of the molecule is COC(=O)c1coc(CNCCN(C)C(C)C)c1. The van der Waals surface area contributed by atoms with Gasteiger partial charge in [-0.1, -0.05) is 0 Å². The molecular weight excluding hydrogens is 232 g/mol. The summed E-state index contributed by atoms with van der Waals surface area (Å²) in [5.41, 5.74) is 0.452. The molecule has 0 saturated carbocycles. The molecule has 0 aliphatic rings. The lowest BCUT2D eigenvalue weighted by Gasteiger charge is -2.20. The summed E-state index contributed by atoms with van der Waals surface area (Å²) in [6.07, 6.45) is 1.42. The molecule has 1 heterocycles. The first-order valence-corrected chi connectivity index (χ1v) is 6.11. The molecule has 0 bridgehead atoms. The van der Waals surface area contributed by atoms with E-state index < -0.39 is 0 Å². The summed E-state index contributed by atoms with van der Waals surface area (Å²) < 4.78 is 9.87. The highest BCUT2D eigenvalue weighted by Crippen LogP contribution is 2.08. The average Bonchev–Trinajstić information content (AvgIpc) is 2.81. The number of methoxy groups -OCH3 is 1. The fraction of sp³-hybridized carbons (Fsp3) is 0.615. The van der Waals surface area contributed by atoms with E-state index in [1.807, 2.05) is 0 Å². The molecule has 0 spiro atoms. The molecule has 0 atom stereocenters. The van der Waals surface area contributed by atoms with Crippen molar-refractivity contribution in [1.29, 1.82) is 0 Å². The number of nitrogens with zero attached hydrogens (tertiary/aromatic N) is 1. The zero-order valence-electron chi connectivity index (χ0n) is 11.5. The van der Waals surface area contributed by atoms with Crippen molar-refractivity contribution >= 4 is 5.97 Å². The molecular formula is C13H22N2O3. The molecule has 102 valence electrons. The van der Waals surface area contributed by atoms with Crippen LogP contribution in [0.15, 0.2) is 16.7 Å². The quantitative estimate of drug-likeness (QED) is 0.590. The van der Waals surface area contributed by atoms with Crippen molar-refractivity contribution in [3.8, 4) is 0 Å². The first-order chi connectivity index (χ1) is 8.54. The molecule has 0 fully saturated rings. The van der Waals surface area contributed by atoms with E-state index in [1.165, 1.54) is 13.4 Å². The lowest BCUT2D eigenvalue weighted by atomic mass is 10.3. The van der Waals surface area contributed by atoms with Gasteiger partial charge in [-0.05, 0) is 27.0 Å². The van der Waals surface area contributed by atoms with Crippen molar-refractivity contribution in [3.63, 3.8) is 0 Å². The Morgan fingerprint density at radius 2 is 2.28 bits per heavy atom. The third-order valence-corrected chi connectivity index (χ3v) is 2.90. The highest BCUT2D eigenvalue weighted by molar-refractivity contribution is 5.88. The van der Waals surface area contributed by atoms with Gasteiger partial charge in [0.2, 0.25) is 0 Å². The van der Waals surface area contributed by atoms with E-state index >= 15 is 0 Å². The zero-order chi connectivity index (χ0) is 13.5. The topological polar surface area (TPSA) is 54.7 Å². The van der Waals surface area contributed by atoms with E-state index in [0.717, 1.165) is 18.8 Å². The van der Waals surface area contributed by atoms with Crippen molar-refractivity contribution in [3.05, 3.63) is 23.7 Å². The third-order valence-electron chi connectivity index (χ3n) is 2.90. The van der Waals surface area contributed by atoms with Crippen molar-refractivity contribution in [2.24, 2.45) is 0 Å². The van der Waals surface area contributed by atoms with Gasteiger partial charge >= 0.3 is 5.97 Å². The Morgan fingerprint density at radius 1 is 1.56 bits per heavy atom. The molecule has 1 aromatic rings. The fourth-order valence-electron chi connectivity index (χ4n) is 1.42. The van der Waals surface area contributed by atoms with E-state index in [1.54, 1.807) is 6.07 Å². The van der Waals surface area contributed by atoms with E-state index in [2.05, 4.69) is 35.8 Å². The second kappa shape index (κ2) is 7.18. The van der Waals surface area contributed by atoms with Crippen LogP contribution in [0.25, 0.3) is 0 Å². The molecule has 1 aromatic heterocycles. The van der Waals surface area contributed by atoms with Crippen LogP contribution < -0.4 is 5.32 Å². The van der Waals surface area contributed by atoms with E-state index in [0.29, 0.717) is 18.2 Å². The van der Waals surface area contributed by atoms with Crippen LogP contribution in [-0.2, 0) is 11.3 Å². The average molecular weight is 254 g/mol. The van der Waals surface area contributed by atoms with Gasteiger partial charge in [0.1, 0.15) is 12.0 Å². The van der Waals surface area contributed by atoms with Crippen molar-refractivity contribution < 1.29 is 13.9 Å². The number of hydrogen-bond acceptors (Lipinski definition) is 5. The predicted molar refractivity (Wildman–Crippen MR) is 69.5 cm³/mol. The Bertz CT molecular complexity index is 374. The molecule has 1 N–H and O–H groups in total. The maximum atomic E-state index is 11.2. The summed E-state index contributed by atoms with van der Waals surface area (Å²) in [6, 6.07) is 2.24. The van der Waals surface area contributed by atoms with Crippen LogP contribution in [-0.4, -0.2) is 44.2 Å². The minimum atomic E-state index is -0.371. The summed E-state index contributed by atoms with van der Waals surface area (Å²) >= 11 is 0. The normalized spacial score (nSPS) is 11.2. The van der Waals surface area contributed by atoms with Gasteiger partial charge in [0.15, 0.2) is 0 Å².